The van der Waals surface area contributed by atoms with Crippen molar-refractivity contribution in [2.24, 2.45) is 0 Å². The van der Waals surface area contributed by atoms with E-state index in [1.54, 1.807) is 25.6 Å². The predicted octanol–water partition coefficient (Wildman–Crippen LogP) is 3.89. The summed E-state index contributed by atoms with van der Waals surface area (Å²) in [5.74, 6) is 1.56. The van der Waals surface area contributed by atoms with Crippen LogP contribution < -0.4 is 14.8 Å². The second kappa shape index (κ2) is 7.43. The van der Waals surface area contributed by atoms with E-state index in [0.717, 1.165) is 35.0 Å². The highest BCUT2D eigenvalue weighted by molar-refractivity contribution is 7.15. The van der Waals surface area contributed by atoms with Crippen molar-refractivity contribution in [3.63, 3.8) is 0 Å². The van der Waals surface area contributed by atoms with Gasteiger partial charge < -0.3 is 14.8 Å². The van der Waals surface area contributed by atoms with E-state index in [4.69, 9.17) is 9.47 Å². The molecular weight excluding hydrogens is 284 g/mol. The molecule has 2 rings (SSSR count). The van der Waals surface area contributed by atoms with Gasteiger partial charge in [-0.3, -0.25) is 0 Å². The first-order valence-corrected chi connectivity index (χ1v) is 7.92. The number of aromatic nitrogens is 1. The van der Waals surface area contributed by atoms with Crippen molar-refractivity contribution >= 4 is 11.3 Å². The van der Waals surface area contributed by atoms with Gasteiger partial charge in [0.05, 0.1) is 19.8 Å². The van der Waals surface area contributed by atoms with Crippen LogP contribution in [0.2, 0.25) is 0 Å². The summed E-state index contributed by atoms with van der Waals surface area (Å²) in [5.41, 5.74) is 0.997. The summed E-state index contributed by atoms with van der Waals surface area (Å²) in [4.78, 5) is 5.77. The Morgan fingerprint density at radius 3 is 2.76 bits per heavy atom. The van der Waals surface area contributed by atoms with Crippen molar-refractivity contribution in [3.05, 3.63) is 29.3 Å². The van der Waals surface area contributed by atoms with Gasteiger partial charge in [0.2, 0.25) is 0 Å². The molecule has 0 fully saturated rings. The maximum Gasteiger partial charge on any atom is 0.132 e. The van der Waals surface area contributed by atoms with Crippen LogP contribution >= 0.6 is 11.3 Å². The van der Waals surface area contributed by atoms with Gasteiger partial charge in [-0.05, 0) is 32.0 Å². The molecule has 0 aliphatic rings. The molecule has 114 valence electrons. The molecule has 1 aromatic carbocycles. The zero-order valence-corrected chi connectivity index (χ0v) is 13.8. The minimum absolute atomic E-state index is 0.320. The van der Waals surface area contributed by atoms with Crippen LogP contribution in [0, 0.1) is 0 Å². The Labute approximate surface area is 130 Å². The number of hydrogen-bond donors (Lipinski definition) is 1. The fourth-order valence-corrected chi connectivity index (χ4v) is 3.02. The lowest BCUT2D eigenvalue weighted by Gasteiger charge is -2.10. The van der Waals surface area contributed by atoms with Crippen LogP contribution in [0.5, 0.6) is 11.5 Å². The Morgan fingerprint density at radius 1 is 1.29 bits per heavy atom. The van der Waals surface area contributed by atoms with Crippen LogP contribution in [0.25, 0.3) is 10.6 Å². The number of rotatable bonds is 7. The van der Waals surface area contributed by atoms with Crippen molar-refractivity contribution in [2.75, 3.05) is 20.8 Å². The summed E-state index contributed by atoms with van der Waals surface area (Å²) >= 11 is 1.69. The van der Waals surface area contributed by atoms with Gasteiger partial charge in [-0.1, -0.05) is 6.92 Å². The highest BCUT2D eigenvalue weighted by atomic mass is 32.1. The van der Waals surface area contributed by atoms with E-state index >= 15 is 0 Å². The van der Waals surface area contributed by atoms with Crippen LogP contribution in [-0.2, 0) is 0 Å². The third kappa shape index (κ3) is 3.74. The molecule has 5 heteroatoms. The number of thiazole rings is 1. The van der Waals surface area contributed by atoms with Crippen LogP contribution in [0.15, 0.2) is 24.4 Å². The van der Waals surface area contributed by atoms with Gasteiger partial charge in [0.1, 0.15) is 16.5 Å². The maximum atomic E-state index is 5.45. The van der Waals surface area contributed by atoms with Crippen LogP contribution in [0.4, 0.5) is 0 Å². The summed E-state index contributed by atoms with van der Waals surface area (Å²) in [7, 11) is 3.31. The Bertz CT molecular complexity index is 583. The van der Waals surface area contributed by atoms with Crippen molar-refractivity contribution < 1.29 is 9.47 Å². The highest BCUT2D eigenvalue weighted by Crippen LogP contribution is 2.36. The lowest BCUT2D eigenvalue weighted by Crippen LogP contribution is -2.18. The zero-order chi connectivity index (χ0) is 15.2. The third-order valence-electron chi connectivity index (χ3n) is 3.29. The summed E-state index contributed by atoms with van der Waals surface area (Å²) in [6, 6.07) is 6.12. The van der Waals surface area contributed by atoms with Crippen molar-refractivity contribution in [2.45, 2.75) is 26.3 Å². The molecule has 2 aromatic rings. The van der Waals surface area contributed by atoms with Gasteiger partial charge in [-0.25, -0.2) is 4.98 Å². The minimum atomic E-state index is 0.320. The normalized spacial score (nSPS) is 12.2. The van der Waals surface area contributed by atoms with Gasteiger partial charge in [-0.2, -0.15) is 0 Å². The SMILES string of the molecule is CCCNC(C)c1cnc(-c2ccc(OC)cc2OC)s1. The van der Waals surface area contributed by atoms with E-state index in [-0.39, 0.29) is 0 Å². The topological polar surface area (TPSA) is 43.4 Å². The predicted molar refractivity (Wildman–Crippen MR) is 87.4 cm³/mol. The largest absolute Gasteiger partial charge is 0.497 e. The molecule has 0 radical (unpaired) electrons. The second-order valence-electron chi connectivity index (χ2n) is 4.81. The summed E-state index contributed by atoms with van der Waals surface area (Å²) in [6.07, 6.45) is 3.07. The molecule has 1 aromatic heterocycles. The van der Waals surface area contributed by atoms with E-state index in [0.29, 0.717) is 6.04 Å². The fraction of sp³-hybridized carbons (Fsp3) is 0.438. The number of nitrogens with one attached hydrogen (secondary N) is 1. The molecule has 0 amide bonds. The molecule has 1 atom stereocenters. The average molecular weight is 306 g/mol. The number of benzene rings is 1. The van der Waals surface area contributed by atoms with Crippen LogP contribution in [0.3, 0.4) is 0 Å². The molecular formula is C16H22N2O2S. The van der Waals surface area contributed by atoms with Gasteiger partial charge >= 0.3 is 0 Å². The number of methoxy groups -OCH3 is 2. The monoisotopic (exact) mass is 306 g/mol. The summed E-state index contributed by atoms with van der Waals surface area (Å²) < 4.78 is 10.7. The number of nitrogens with zero attached hydrogens (tertiary/aromatic N) is 1. The van der Waals surface area contributed by atoms with Gasteiger partial charge in [-0.15, -0.1) is 11.3 Å². The van der Waals surface area contributed by atoms with Gasteiger partial charge in [0, 0.05) is 23.2 Å². The molecule has 0 aliphatic carbocycles. The lowest BCUT2D eigenvalue weighted by atomic mass is 10.2. The van der Waals surface area contributed by atoms with E-state index in [1.165, 1.54) is 4.88 Å². The molecule has 0 spiro atoms. The Balaban J connectivity index is 2.24. The van der Waals surface area contributed by atoms with Crippen molar-refractivity contribution in [3.8, 4) is 22.1 Å². The average Bonchev–Trinajstić information content (AvgIpc) is 3.01. The van der Waals surface area contributed by atoms with E-state index < -0.39 is 0 Å². The molecule has 0 aliphatic heterocycles. The van der Waals surface area contributed by atoms with Gasteiger partial charge in [0.25, 0.3) is 0 Å². The van der Waals surface area contributed by atoms with E-state index in [1.807, 2.05) is 24.4 Å². The van der Waals surface area contributed by atoms with Crippen molar-refractivity contribution in [1.82, 2.24) is 10.3 Å². The molecule has 1 N–H and O–H groups in total. The highest BCUT2D eigenvalue weighted by Gasteiger charge is 2.14. The lowest BCUT2D eigenvalue weighted by molar-refractivity contribution is 0.395. The number of ether oxygens (including phenoxy) is 2. The molecule has 0 saturated carbocycles. The minimum Gasteiger partial charge on any atom is -0.497 e. The third-order valence-corrected chi connectivity index (χ3v) is 4.50. The molecule has 1 unspecified atom stereocenters. The molecule has 0 bridgehead atoms. The summed E-state index contributed by atoms with van der Waals surface area (Å²) in [5, 5.41) is 4.45. The smallest absolute Gasteiger partial charge is 0.132 e. The van der Waals surface area contributed by atoms with E-state index in [2.05, 4.69) is 24.1 Å². The first kappa shape index (κ1) is 15.8. The first-order valence-electron chi connectivity index (χ1n) is 7.11. The van der Waals surface area contributed by atoms with Crippen molar-refractivity contribution in [1.29, 1.82) is 0 Å². The summed E-state index contributed by atoms with van der Waals surface area (Å²) in [6.45, 7) is 5.35. The standard InChI is InChI=1S/C16H22N2O2S/c1-5-8-17-11(2)15-10-18-16(21-15)13-7-6-12(19-3)9-14(13)20-4/h6-7,9-11,17H,5,8H2,1-4H3. The quantitative estimate of drug-likeness (QED) is 0.843. The van der Waals surface area contributed by atoms with Crippen LogP contribution in [0.1, 0.15) is 31.2 Å². The maximum absolute atomic E-state index is 5.45. The number of hydrogen-bond acceptors (Lipinski definition) is 5. The molecule has 21 heavy (non-hydrogen) atoms. The Kier molecular flexibility index (Phi) is 5.59. The molecule has 0 saturated heterocycles. The van der Waals surface area contributed by atoms with E-state index in [9.17, 15) is 0 Å². The fourth-order valence-electron chi connectivity index (χ4n) is 2.05. The van der Waals surface area contributed by atoms with Crippen LogP contribution in [-0.4, -0.2) is 25.7 Å². The van der Waals surface area contributed by atoms with Gasteiger partial charge in [0.15, 0.2) is 0 Å². The second-order valence-corrected chi connectivity index (χ2v) is 5.87. The molecule has 1 heterocycles. The Hall–Kier alpha value is -1.59. The first-order chi connectivity index (χ1) is 10.2. The molecule has 4 nitrogen and oxygen atoms in total. The zero-order valence-electron chi connectivity index (χ0n) is 13.0. The Morgan fingerprint density at radius 2 is 2.10 bits per heavy atom.